The quantitative estimate of drug-likeness (QED) is 0.519. The normalized spacial score (nSPS) is 10.5. The summed E-state index contributed by atoms with van der Waals surface area (Å²) < 4.78 is 1.57. The van der Waals surface area contributed by atoms with Crippen molar-refractivity contribution < 1.29 is 9.59 Å². The number of carbonyl (C=O) groups is 2. The number of amides is 2. The fraction of sp³-hybridized carbons (Fsp3) is 0.0909. The molecule has 0 aliphatic heterocycles. The third kappa shape index (κ3) is 4.30. The van der Waals surface area contributed by atoms with Crippen molar-refractivity contribution in [2.45, 2.75) is 13.8 Å². The summed E-state index contributed by atoms with van der Waals surface area (Å²) in [5, 5.41) is 17.2. The standard InChI is InChI=1S/C22H19N7O2/c1-14-5-3-8-19(20(14)25-21(30)16-9-11-23-12-10-16)22(31)24-17-6-4-7-18(13-17)29-15(2)26-27-28-29/h3-13H,1-2H3,(H,24,31)(H,25,30). The maximum absolute atomic E-state index is 13.1. The zero-order valence-corrected chi connectivity index (χ0v) is 16.9. The zero-order valence-electron chi connectivity index (χ0n) is 16.9. The van der Waals surface area contributed by atoms with Gasteiger partial charge in [-0.15, -0.1) is 5.10 Å². The number of pyridine rings is 1. The molecule has 2 aromatic heterocycles. The van der Waals surface area contributed by atoms with Crippen LogP contribution in [0.2, 0.25) is 0 Å². The van der Waals surface area contributed by atoms with Gasteiger partial charge in [-0.2, -0.15) is 4.68 Å². The van der Waals surface area contributed by atoms with Gasteiger partial charge in [-0.25, -0.2) is 0 Å². The van der Waals surface area contributed by atoms with Crippen molar-refractivity contribution in [3.63, 3.8) is 0 Å². The second kappa shape index (κ2) is 8.54. The van der Waals surface area contributed by atoms with Crippen LogP contribution in [-0.4, -0.2) is 37.0 Å². The maximum Gasteiger partial charge on any atom is 0.257 e. The zero-order chi connectivity index (χ0) is 21.8. The number of benzene rings is 2. The van der Waals surface area contributed by atoms with E-state index in [-0.39, 0.29) is 11.8 Å². The van der Waals surface area contributed by atoms with Crippen molar-refractivity contribution in [1.82, 2.24) is 25.2 Å². The Bertz CT molecular complexity index is 1250. The number of nitrogens with zero attached hydrogens (tertiary/aromatic N) is 5. The highest BCUT2D eigenvalue weighted by Gasteiger charge is 2.17. The minimum Gasteiger partial charge on any atom is -0.322 e. The van der Waals surface area contributed by atoms with Gasteiger partial charge in [-0.1, -0.05) is 18.2 Å². The van der Waals surface area contributed by atoms with Gasteiger partial charge in [0, 0.05) is 23.6 Å². The van der Waals surface area contributed by atoms with Crippen molar-refractivity contribution in [2.24, 2.45) is 0 Å². The van der Waals surface area contributed by atoms with Gasteiger partial charge in [0.1, 0.15) is 0 Å². The van der Waals surface area contributed by atoms with E-state index in [1.807, 2.05) is 19.1 Å². The molecule has 0 aliphatic carbocycles. The predicted octanol–water partition coefficient (Wildman–Crippen LogP) is 3.18. The smallest absolute Gasteiger partial charge is 0.257 e. The van der Waals surface area contributed by atoms with E-state index in [2.05, 4.69) is 31.1 Å². The number of aryl methyl sites for hydroxylation is 2. The van der Waals surface area contributed by atoms with E-state index in [9.17, 15) is 9.59 Å². The van der Waals surface area contributed by atoms with Crippen LogP contribution in [0, 0.1) is 13.8 Å². The second-order valence-electron chi connectivity index (χ2n) is 6.83. The maximum atomic E-state index is 13.1. The number of hydrogen-bond donors (Lipinski definition) is 2. The average molecular weight is 413 g/mol. The summed E-state index contributed by atoms with van der Waals surface area (Å²) >= 11 is 0. The fourth-order valence-corrected chi connectivity index (χ4v) is 3.10. The van der Waals surface area contributed by atoms with Crippen LogP contribution in [0.3, 0.4) is 0 Å². The molecule has 2 N–H and O–H groups in total. The Morgan fingerprint density at radius 2 is 1.68 bits per heavy atom. The molecule has 4 aromatic rings. The molecular formula is C22H19N7O2. The van der Waals surface area contributed by atoms with Gasteiger partial charge >= 0.3 is 0 Å². The molecule has 2 amide bonds. The van der Waals surface area contributed by atoms with Crippen LogP contribution in [0.15, 0.2) is 67.0 Å². The molecule has 2 aromatic carbocycles. The summed E-state index contributed by atoms with van der Waals surface area (Å²) in [5.74, 6) is -0.0375. The van der Waals surface area contributed by atoms with Gasteiger partial charge in [-0.3, -0.25) is 14.6 Å². The molecule has 0 saturated heterocycles. The molecule has 9 nitrogen and oxygen atoms in total. The molecule has 0 fully saturated rings. The predicted molar refractivity (Wildman–Crippen MR) is 115 cm³/mol. The lowest BCUT2D eigenvalue weighted by Crippen LogP contribution is -2.19. The van der Waals surface area contributed by atoms with Crippen LogP contribution in [-0.2, 0) is 0 Å². The molecule has 0 atom stereocenters. The van der Waals surface area contributed by atoms with Gasteiger partial charge in [0.2, 0.25) is 0 Å². The fourth-order valence-electron chi connectivity index (χ4n) is 3.10. The summed E-state index contributed by atoms with van der Waals surface area (Å²) in [6.45, 7) is 3.62. The summed E-state index contributed by atoms with van der Waals surface area (Å²) in [6.07, 6.45) is 3.08. The molecule has 0 unspecified atom stereocenters. The Kier molecular flexibility index (Phi) is 5.48. The van der Waals surface area contributed by atoms with E-state index in [1.54, 1.807) is 66.5 Å². The van der Waals surface area contributed by atoms with Crippen molar-refractivity contribution in [2.75, 3.05) is 10.6 Å². The highest BCUT2D eigenvalue weighted by Crippen LogP contribution is 2.23. The Labute approximate surface area is 178 Å². The monoisotopic (exact) mass is 413 g/mol. The minimum atomic E-state index is -0.348. The molecule has 0 spiro atoms. The third-order valence-corrected chi connectivity index (χ3v) is 4.67. The first-order valence-electron chi connectivity index (χ1n) is 9.50. The number of carbonyl (C=O) groups excluding carboxylic acids is 2. The largest absolute Gasteiger partial charge is 0.322 e. The van der Waals surface area contributed by atoms with Gasteiger partial charge in [0.05, 0.1) is 16.9 Å². The topological polar surface area (TPSA) is 115 Å². The molecule has 0 radical (unpaired) electrons. The lowest BCUT2D eigenvalue weighted by atomic mass is 10.1. The first-order chi connectivity index (χ1) is 15.0. The summed E-state index contributed by atoms with van der Waals surface area (Å²) in [7, 11) is 0. The highest BCUT2D eigenvalue weighted by atomic mass is 16.2. The molecule has 0 saturated carbocycles. The van der Waals surface area contributed by atoms with Crippen LogP contribution in [0.4, 0.5) is 11.4 Å². The highest BCUT2D eigenvalue weighted by molar-refractivity contribution is 6.13. The van der Waals surface area contributed by atoms with Crippen LogP contribution in [0.25, 0.3) is 5.69 Å². The number of aromatic nitrogens is 5. The first-order valence-corrected chi connectivity index (χ1v) is 9.50. The summed E-state index contributed by atoms with van der Waals surface area (Å²) in [6, 6.07) is 15.7. The van der Waals surface area contributed by atoms with E-state index in [0.717, 1.165) is 11.3 Å². The van der Waals surface area contributed by atoms with Crippen LogP contribution in [0.5, 0.6) is 0 Å². The third-order valence-electron chi connectivity index (χ3n) is 4.67. The minimum absolute atomic E-state index is 0.318. The van der Waals surface area contributed by atoms with Crippen LogP contribution in [0.1, 0.15) is 32.1 Å². The lowest BCUT2D eigenvalue weighted by molar-refractivity contribution is 0.102. The molecule has 4 rings (SSSR count). The number of para-hydroxylation sites is 1. The number of rotatable bonds is 5. The van der Waals surface area contributed by atoms with Crippen molar-refractivity contribution in [3.8, 4) is 5.69 Å². The number of tetrazole rings is 1. The first kappa shape index (κ1) is 19.9. The SMILES string of the molecule is Cc1cccc(C(=O)Nc2cccc(-n3nnnc3C)c2)c1NC(=O)c1ccncc1. The Morgan fingerprint density at radius 1 is 0.903 bits per heavy atom. The van der Waals surface area contributed by atoms with E-state index in [0.29, 0.717) is 28.3 Å². The number of anilines is 2. The van der Waals surface area contributed by atoms with E-state index in [4.69, 9.17) is 0 Å². The summed E-state index contributed by atoms with van der Waals surface area (Å²) in [4.78, 5) is 29.6. The average Bonchev–Trinajstić information content (AvgIpc) is 3.21. The molecular weight excluding hydrogens is 394 g/mol. The molecule has 0 bridgehead atoms. The number of hydrogen-bond acceptors (Lipinski definition) is 6. The molecule has 2 heterocycles. The van der Waals surface area contributed by atoms with E-state index >= 15 is 0 Å². The van der Waals surface area contributed by atoms with Crippen molar-refractivity contribution in [1.29, 1.82) is 0 Å². The van der Waals surface area contributed by atoms with E-state index in [1.165, 1.54) is 0 Å². The molecule has 0 aliphatic rings. The van der Waals surface area contributed by atoms with Crippen LogP contribution < -0.4 is 10.6 Å². The lowest BCUT2D eigenvalue weighted by Gasteiger charge is -2.14. The Hall–Kier alpha value is -4.40. The molecule has 31 heavy (non-hydrogen) atoms. The van der Waals surface area contributed by atoms with Crippen molar-refractivity contribution >= 4 is 23.2 Å². The Balaban J connectivity index is 1.59. The molecule has 9 heteroatoms. The van der Waals surface area contributed by atoms with Gasteiger partial charge < -0.3 is 10.6 Å². The van der Waals surface area contributed by atoms with E-state index < -0.39 is 0 Å². The van der Waals surface area contributed by atoms with Gasteiger partial charge in [-0.05, 0) is 66.2 Å². The summed E-state index contributed by atoms with van der Waals surface area (Å²) in [5.41, 5.74) is 3.32. The molecule has 154 valence electrons. The second-order valence-corrected chi connectivity index (χ2v) is 6.83. The van der Waals surface area contributed by atoms with Gasteiger partial charge in [0.15, 0.2) is 5.82 Å². The van der Waals surface area contributed by atoms with Crippen molar-refractivity contribution in [3.05, 3.63) is 89.5 Å². The van der Waals surface area contributed by atoms with Crippen LogP contribution >= 0.6 is 0 Å². The number of nitrogens with one attached hydrogen (secondary N) is 2. The van der Waals surface area contributed by atoms with Gasteiger partial charge in [0.25, 0.3) is 11.8 Å². The Morgan fingerprint density at radius 3 is 2.42 bits per heavy atom.